The third kappa shape index (κ3) is 3.69. The fraction of sp³-hybridized carbons (Fsp3) is 0.600. The van der Waals surface area contributed by atoms with Gasteiger partial charge in [-0.15, -0.1) is 11.6 Å². The molecular formula is C15H22ClN3. The molecule has 0 saturated heterocycles. The van der Waals surface area contributed by atoms with Crippen LogP contribution in [0.4, 0.5) is 0 Å². The molecule has 0 fully saturated rings. The number of hydrogen-bond acceptors (Lipinski definition) is 2. The Morgan fingerprint density at radius 2 is 1.95 bits per heavy atom. The second-order valence-electron chi connectivity index (χ2n) is 4.93. The van der Waals surface area contributed by atoms with Gasteiger partial charge in [0, 0.05) is 12.7 Å². The molecule has 0 N–H and O–H groups in total. The maximum atomic E-state index is 5.97. The van der Waals surface area contributed by atoms with Crippen molar-refractivity contribution in [3.8, 4) is 0 Å². The van der Waals surface area contributed by atoms with E-state index in [0.29, 0.717) is 5.88 Å². The van der Waals surface area contributed by atoms with Crippen molar-refractivity contribution < 1.29 is 0 Å². The van der Waals surface area contributed by atoms with Crippen molar-refractivity contribution >= 4 is 22.8 Å². The first-order valence-electron chi connectivity index (χ1n) is 7.23. The van der Waals surface area contributed by atoms with Crippen molar-refractivity contribution in [1.82, 2.24) is 14.5 Å². The maximum Gasteiger partial charge on any atom is 0.160 e. The summed E-state index contributed by atoms with van der Waals surface area (Å²) >= 11 is 5.97. The Balaban J connectivity index is 1.95. The lowest BCUT2D eigenvalue weighted by Gasteiger charge is -2.06. The van der Waals surface area contributed by atoms with Crippen LogP contribution in [0.1, 0.15) is 51.3 Å². The van der Waals surface area contributed by atoms with Gasteiger partial charge in [0.2, 0.25) is 0 Å². The summed E-state index contributed by atoms with van der Waals surface area (Å²) < 4.78 is 2.17. The lowest BCUT2D eigenvalue weighted by Crippen LogP contribution is -2.03. The number of nitrogens with zero attached hydrogens (tertiary/aromatic N) is 3. The van der Waals surface area contributed by atoms with E-state index in [0.717, 1.165) is 23.5 Å². The Morgan fingerprint density at radius 3 is 2.74 bits per heavy atom. The van der Waals surface area contributed by atoms with Gasteiger partial charge in [0.15, 0.2) is 5.65 Å². The molecule has 2 heterocycles. The number of pyridine rings is 1. The van der Waals surface area contributed by atoms with Crippen molar-refractivity contribution in [2.45, 2.75) is 57.9 Å². The summed E-state index contributed by atoms with van der Waals surface area (Å²) in [5, 5.41) is 0. The quantitative estimate of drug-likeness (QED) is 0.525. The fourth-order valence-electron chi connectivity index (χ4n) is 2.39. The van der Waals surface area contributed by atoms with Crippen molar-refractivity contribution in [3.05, 3.63) is 24.2 Å². The number of alkyl halides is 1. The zero-order chi connectivity index (χ0) is 13.5. The van der Waals surface area contributed by atoms with Crippen LogP contribution >= 0.6 is 11.6 Å². The topological polar surface area (TPSA) is 30.7 Å². The number of aryl methyl sites for hydroxylation is 1. The minimum atomic E-state index is 0.451. The Morgan fingerprint density at radius 1 is 1.16 bits per heavy atom. The Labute approximate surface area is 120 Å². The summed E-state index contributed by atoms with van der Waals surface area (Å²) in [6, 6.07) is 3.92. The van der Waals surface area contributed by atoms with Crippen molar-refractivity contribution in [2.75, 3.05) is 0 Å². The van der Waals surface area contributed by atoms with Gasteiger partial charge in [0.1, 0.15) is 11.3 Å². The Kier molecular flexibility index (Phi) is 5.64. The van der Waals surface area contributed by atoms with Gasteiger partial charge in [-0.1, -0.05) is 39.0 Å². The molecule has 0 amide bonds. The molecule has 0 saturated carbocycles. The average molecular weight is 280 g/mol. The molecule has 2 rings (SSSR count). The van der Waals surface area contributed by atoms with Crippen molar-refractivity contribution in [3.63, 3.8) is 0 Å². The highest BCUT2D eigenvalue weighted by Crippen LogP contribution is 2.16. The Hall–Kier alpha value is -1.09. The molecule has 0 aromatic carbocycles. The van der Waals surface area contributed by atoms with Gasteiger partial charge in [-0.3, -0.25) is 0 Å². The summed E-state index contributed by atoms with van der Waals surface area (Å²) in [7, 11) is 0. The van der Waals surface area contributed by atoms with E-state index in [9.17, 15) is 0 Å². The third-order valence-electron chi connectivity index (χ3n) is 3.44. The van der Waals surface area contributed by atoms with Gasteiger partial charge in [-0.05, 0) is 18.6 Å². The molecule has 0 bridgehead atoms. The van der Waals surface area contributed by atoms with Gasteiger partial charge in [-0.2, -0.15) is 0 Å². The third-order valence-corrected chi connectivity index (χ3v) is 3.68. The lowest BCUT2D eigenvalue weighted by molar-refractivity contribution is 0.555. The molecule has 3 nitrogen and oxygen atoms in total. The molecule has 104 valence electrons. The van der Waals surface area contributed by atoms with Crippen LogP contribution in [0.15, 0.2) is 18.3 Å². The summed E-state index contributed by atoms with van der Waals surface area (Å²) in [6.45, 7) is 3.22. The summed E-state index contributed by atoms with van der Waals surface area (Å²) in [4.78, 5) is 8.95. The standard InChI is InChI=1S/C15H22ClN3/c1-2-3-4-5-6-7-11-19-14(12-16)18-13-9-8-10-17-15(13)19/h8-10H,2-7,11-12H2,1H3. The van der Waals surface area contributed by atoms with E-state index < -0.39 is 0 Å². The van der Waals surface area contributed by atoms with Gasteiger partial charge in [-0.25, -0.2) is 9.97 Å². The zero-order valence-corrected chi connectivity index (χ0v) is 12.4. The molecule has 0 atom stereocenters. The lowest BCUT2D eigenvalue weighted by atomic mass is 10.1. The maximum absolute atomic E-state index is 5.97. The highest BCUT2D eigenvalue weighted by molar-refractivity contribution is 6.16. The number of aromatic nitrogens is 3. The average Bonchev–Trinajstić information content (AvgIpc) is 2.81. The molecule has 0 radical (unpaired) electrons. The van der Waals surface area contributed by atoms with E-state index in [2.05, 4.69) is 21.5 Å². The smallest absolute Gasteiger partial charge is 0.160 e. The molecule has 0 aliphatic carbocycles. The number of halogens is 1. The predicted octanol–water partition coefficient (Wildman–Crippen LogP) is 4.53. The van der Waals surface area contributed by atoms with Crippen LogP contribution in [0, 0.1) is 0 Å². The summed E-state index contributed by atoms with van der Waals surface area (Å²) in [5.74, 6) is 1.38. The van der Waals surface area contributed by atoms with Crippen LogP contribution in [-0.2, 0) is 12.4 Å². The van der Waals surface area contributed by atoms with Crippen molar-refractivity contribution in [1.29, 1.82) is 0 Å². The first-order valence-corrected chi connectivity index (χ1v) is 7.76. The predicted molar refractivity (Wildman–Crippen MR) is 80.5 cm³/mol. The SMILES string of the molecule is CCCCCCCCn1c(CCl)nc2cccnc21. The second-order valence-corrected chi connectivity index (χ2v) is 5.19. The number of rotatable bonds is 8. The number of imidazole rings is 1. The van der Waals surface area contributed by atoms with Crippen molar-refractivity contribution in [2.24, 2.45) is 0 Å². The first-order chi connectivity index (χ1) is 9.36. The van der Waals surface area contributed by atoms with Gasteiger partial charge in [0.25, 0.3) is 0 Å². The molecular weight excluding hydrogens is 258 g/mol. The van der Waals surface area contributed by atoms with E-state index in [1.54, 1.807) is 0 Å². The minimum absolute atomic E-state index is 0.451. The molecule has 0 unspecified atom stereocenters. The van der Waals surface area contributed by atoms with E-state index in [4.69, 9.17) is 11.6 Å². The van der Waals surface area contributed by atoms with Crippen LogP contribution < -0.4 is 0 Å². The van der Waals surface area contributed by atoms with Crippen LogP contribution in [0.25, 0.3) is 11.2 Å². The summed E-state index contributed by atoms with van der Waals surface area (Å²) in [6.07, 6.45) is 9.59. The van der Waals surface area contributed by atoms with Crippen LogP contribution in [0.2, 0.25) is 0 Å². The fourth-order valence-corrected chi connectivity index (χ4v) is 2.60. The van der Waals surface area contributed by atoms with Crippen LogP contribution in [-0.4, -0.2) is 14.5 Å². The molecule has 2 aromatic rings. The second kappa shape index (κ2) is 7.49. The van der Waals surface area contributed by atoms with Gasteiger partial charge in [0.05, 0.1) is 5.88 Å². The largest absolute Gasteiger partial charge is 0.312 e. The van der Waals surface area contributed by atoms with E-state index in [1.807, 2.05) is 18.3 Å². The van der Waals surface area contributed by atoms with Crippen LogP contribution in [0.5, 0.6) is 0 Å². The molecule has 0 aliphatic heterocycles. The summed E-state index contributed by atoms with van der Waals surface area (Å²) in [5.41, 5.74) is 1.91. The number of hydrogen-bond donors (Lipinski definition) is 0. The molecule has 0 aliphatic rings. The normalized spacial score (nSPS) is 11.3. The number of unbranched alkanes of at least 4 members (excludes halogenated alkanes) is 5. The zero-order valence-electron chi connectivity index (χ0n) is 11.6. The minimum Gasteiger partial charge on any atom is -0.312 e. The van der Waals surface area contributed by atoms with E-state index >= 15 is 0 Å². The highest BCUT2D eigenvalue weighted by Gasteiger charge is 2.09. The van der Waals surface area contributed by atoms with Crippen LogP contribution in [0.3, 0.4) is 0 Å². The molecule has 19 heavy (non-hydrogen) atoms. The molecule has 0 spiro atoms. The Bertz CT molecular complexity index is 507. The monoisotopic (exact) mass is 279 g/mol. The molecule has 2 aromatic heterocycles. The van der Waals surface area contributed by atoms with Gasteiger partial charge >= 0.3 is 0 Å². The van der Waals surface area contributed by atoms with E-state index in [-0.39, 0.29) is 0 Å². The van der Waals surface area contributed by atoms with Gasteiger partial charge < -0.3 is 4.57 Å². The molecule has 4 heteroatoms. The number of fused-ring (bicyclic) bond motifs is 1. The van der Waals surface area contributed by atoms with E-state index in [1.165, 1.54) is 38.5 Å². The highest BCUT2D eigenvalue weighted by atomic mass is 35.5. The first kappa shape index (κ1) is 14.3.